The normalized spacial score (nSPS) is 18.7. The number of carbonyl (C=O) groups is 2. The predicted octanol–water partition coefficient (Wildman–Crippen LogP) is 6.24. The topological polar surface area (TPSA) is 72.0 Å². The Labute approximate surface area is 202 Å². The third-order valence-corrected chi connectivity index (χ3v) is 6.37. The quantitative estimate of drug-likeness (QED) is 0.523. The molecular formula is C27H35N3O4. The lowest BCUT2D eigenvalue weighted by Crippen LogP contribution is -2.43. The van der Waals surface area contributed by atoms with E-state index in [1.54, 1.807) is 16.0 Å². The van der Waals surface area contributed by atoms with Gasteiger partial charge in [-0.3, -0.25) is 4.90 Å². The average Bonchev–Trinajstić information content (AvgIpc) is 3.50. The highest BCUT2D eigenvalue weighted by Gasteiger charge is 2.34. The molecule has 1 aromatic carbocycles. The van der Waals surface area contributed by atoms with Gasteiger partial charge in [0, 0.05) is 18.8 Å². The number of amides is 2. The summed E-state index contributed by atoms with van der Waals surface area (Å²) in [6, 6.07) is 13.6. The number of rotatable bonds is 5. The van der Waals surface area contributed by atoms with Gasteiger partial charge in [-0.2, -0.15) is 0 Å². The Hall–Kier alpha value is -3.09. The molecule has 0 spiro atoms. The van der Waals surface area contributed by atoms with Crippen LogP contribution >= 0.6 is 0 Å². The number of likely N-dealkylation sites (tertiary alicyclic amines) is 1. The highest BCUT2D eigenvalue weighted by molar-refractivity contribution is 5.87. The monoisotopic (exact) mass is 465 g/mol. The molecule has 1 unspecified atom stereocenters. The number of benzene rings is 1. The molecule has 2 aliphatic rings. The Balaban J connectivity index is 1.46. The van der Waals surface area contributed by atoms with Gasteiger partial charge in [0.15, 0.2) is 0 Å². The minimum absolute atomic E-state index is 0.0775. The first-order valence-electron chi connectivity index (χ1n) is 12.3. The molecule has 182 valence electrons. The number of hydrogen-bond acceptors (Lipinski definition) is 5. The molecule has 2 amide bonds. The van der Waals surface area contributed by atoms with Crippen LogP contribution in [0.5, 0.6) is 0 Å². The number of aromatic nitrogens is 1. The molecule has 1 saturated carbocycles. The molecule has 2 aromatic rings. The van der Waals surface area contributed by atoms with Crippen LogP contribution in [0.1, 0.15) is 76.5 Å². The summed E-state index contributed by atoms with van der Waals surface area (Å²) >= 11 is 0. The zero-order chi connectivity index (χ0) is 24.1. The van der Waals surface area contributed by atoms with Crippen molar-refractivity contribution in [2.24, 2.45) is 0 Å². The van der Waals surface area contributed by atoms with Crippen LogP contribution in [0.25, 0.3) is 0 Å². The van der Waals surface area contributed by atoms with Crippen LogP contribution in [0.15, 0.2) is 48.7 Å². The highest BCUT2D eigenvalue weighted by atomic mass is 16.6. The summed E-state index contributed by atoms with van der Waals surface area (Å²) in [4.78, 5) is 33.9. The number of pyridine rings is 1. The third kappa shape index (κ3) is 5.88. The van der Waals surface area contributed by atoms with E-state index >= 15 is 0 Å². The van der Waals surface area contributed by atoms with Crippen molar-refractivity contribution < 1.29 is 19.1 Å². The van der Waals surface area contributed by atoms with Crippen LogP contribution in [0.3, 0.4) is 0 Å². The van der Waals surface area contributed by atoms with Crippen molar-refractivity contribution in [3.05, 3.63) is 59.8 Å². The first-order valence-corrected chi connectivity index (χ1v) is 12.3. The van der Waals surface area contributed by atoms with Crippen LogP contribution in [-0.4, -0.2) is 40.3 Å². The second kappa shape index (κ2) is 10.5. The number of anilines is 1. The molecule has 0 bridgehead atoms. The fraction of sp³-hybridized carbons (Fsp3) is 0.519. The SMILES string of the molecule is CC(C)(C)OC(=O)N(c1ccc(C2CCCN2C(=O)OCc2ccccc2)cn1)C1CCCC1. The van der Waals surface area contributed by atoms with Gasteiger partial charge in [-0.25, -0.2) is 14.6 Å². The van der Waals surface area contributed by atoms with E-state index in [1.807, 2.05) is 63.2 Å². The van der Waals surface area contributed by atoms with Crippen molar-refractivity contribution in [2.45, 2.75) is 83.6 Å². The maximum absolute atomic E-state index is 13.0. The molecule has 1 saturated heterocycles. The lowest BCUT2D eigenvalue weighted by atomic mass is 10.1. The fourth-order valence-electron chi connectivity index (χ4n) is 4.77. The lowest BCUT2D eigenvalue weighted by molar-refractivity contribution is 0.0564. The first-order chi connectivity index (χ1) is 16.3. The maximum atomic E-state index is 13.0. The molecule has 34 heavy (non-hydrogen) atoms. The molecule has 1 atom stereocenters. The smallest absolute Gasteiger partial charge is 0.416 e. The Morgan fingerprint density at radius 2 is 1.76 bits per heavy atom. The summed E-state index contributed by atoms with van der Waals surface area (Å²) in [5.74, 6) is 0.598. The van der Waals surface area contributed by atoms with E-state index in [0.717, 1.165) is 49.7 Å². The molecular weight excluding hydrogens is 430 g/mol. The van der Waals surface area contributed by atoms with Crippen molar-refractivity contribution >= 4 is 18.0 Å². The molecule has 0 N–H and O–H groups in total. The molecule has 1 aliphatic heterocycles. The zero-order valence-electron chi connectivity index (χ0n) is 20.4. The predicted molar refractivity (Wildman–Crippen MR) is 131 cm³/mol. The van der Waals surface area contributed by atoms with E-state index in [9.17, 15) is 9.59 Å². The molecule has 4 rings (SSSR count). The Bertz CT molecular complexity index is 966. The second-order valence-corrected chi connectivity index (χ2v) is 10.1. The molecule has 0 radical (unpaired) electrons. The van der Waals surface area contributed by atoms with E-state index in [4.69, 9.17) is 9.47 Å². The second-order valence-electron chi connectivity index (χ2n) is 10.1. The van der Waals surface area contributed by atoms with Crippen molar-refractivity contribution in [1.82, 2.24) is 9.88 Å². The van der Waals surface area contributed by atoms with E-state index in [2.05, 4.69) is 4.98 Å². The minimum Gasteiger partial charge on any atom is -0.445 e. The molecule has 1 aliphatic carbocycles. The number of nitrogens with zero attached hydrogens (tertiary/aromatic N) is 3. The van der Waals surface area contributed by atoms with Gasteiger partial charge in [0.05, 0.1) is 6.04 Å². The third-order valence-electron chi connectivity index (χ3n) is 6.37. The fourth-order valence-corrected chi connectivity index (χ4v) is 4.77. The van der Waals surface area contributed by atoms with Gasteiger partial charge < -0.3 is 14.4 Å². The largest absolute Gasteiger partial charge is 0.445 e. The van der Waals surface area contributed by atoms with Gasteiger partial charge in [-0.1, -0.05) is 49.2 Å². The summed E-state index contributed by atoms with van der Waals surface area (Å²) in [5, 5.41) is 0. The van der Waals surface area contributed by atoms with Crippen LogP contribution in [0.4, 0.5) is 15.4 Å². The van der Waals surface area contributed by atoms with Crippen LogP contribution in [0.2, 0.25) is 0 Å². The van der Waals surface area contributed by atoms with Gasteiger partial charge in [-0.15, -0.1) is 0 Å². The number of carbonyl (C=O) groups excluding carboxylic acids is 2. The van der Waals surface area contributed by atoms with Crippen LogP contribution in [-0.2, 0) is 16.1 Å². The van der Waals surface area contributed by atoms with Gasteiger partial charge >= 0.3 is 12.2 Å². The van der Waals surface area contributed by atoms with Crippen LogP contribution in [0, 0.1) is 0 Å². The Morgan fingerprint density at radius 3 is 2.41 bits per heavy atom. The van der Waals surface area contributed by atoms with Crippen molar-refractivity contribution in [1.29, 1.82) is 0 Å². The van der Waals surface area contributed by atoms with E-state index in [-0.39, 0.29) is 30.9 Å². The van der Waals surface area contributed by atoms with E-state index in [0.29, 0.717) is 12.4 Å². The number of hydrogen-bond donors (Lipinski definition) is 0. The number of ether oxygens (including phenoxy) is 2. The zero-order valence-corrected chi connectivity index (χ0v) is 20.4. The summed E-state index contributed by atoms with van der Waals surface area (Å²) in [6.45, 7) is 6.54. The molecule has 2 fully saturated rings. The summed E-state index contributed by atoms with van der Waals surface area (Å²) in [5.41, 5.74) is 1.35. The van der Waals surface area contributed by atoms with E-state index in [1.165, 1.54) is 0 Å². The average molecular weight is 466 g/mol. The molecule has 7 heteroatoms. The first kappa shape index (κ1) is 24.0. The molecule has 7 nitrogen and oxygen atoms in total. The lowest BCUT2D eigenvalue weighted by Gasteiger charge is -2.31. The molecule has 2 heterocycles. The van der Waals surface area contributed by atoms with E-state index < -0.39 is 5.60 Å². The Morgan fingerprint density at radius 1 is 1.03 bits per heavy atom. The van der Waals surface area contributed by atoms with Crippen LogP contribution < -0.4 is 4.90 Å². The Kier molecular flexibility index (Phi) is 7.39. The van der Waals surface area contributed by atoms with Crippen molar-refractivity contribution in [3.8, 4) is 0 Å². The summed E-state index contributed by atoms with van der Waals surface area (Å²) < 4.78 is 11.3. The molecule has 1 aromatic heterocycles. The minimum atomic E-state index is -0.571. The van der Waals surface area contributed by atoms with Gasteiger partial charge in [0.25, 0.3) is 0 Å². The van der Waals surface area contributed by atoms with Gasteiger partial charge in [0.1, 0.15) is 18.0 Å². The van der Waals surface area contributed by atoms with Gasteiger partial charge in [-0.05, 0) is 63.6 Å². The highest BCUT2D eigenvalue weighted by Crippen LogP contribution is 2.34. The van der Waals surface area contributed by atoms with Gasteiger partial charge in [0.2, 0.25) is 0 Å². The van der Waals surface area contributed by atoms with Crippen molar-refractivity contribution in [3.63, 3.8) is 0 Å². The summed E-state index contributed by atoms with van der Waals surface area (Å²) in [7, 11) is 0. The van der Waals surface area contributed by atoms with Crippen molar-refractivity contribution in [2.75, 3.05) is 11.4 Å². The standard InChI is InChI=1S/C27H35N3O4/c1-27(2,3)34-26(32)30(22-12-7-8-13-22)24-16-15-21(18-28-24)23-14-9-17-29(23)25(31)33-19-20-10-5-4-6-11-20/h4-6,10-11,15-16,18,22-23H,7-9,12-14,17,19H2,1-3H3. The maximum Gasteiger partial charge on any atom is 0.416 e. The summed E-state index contributed by atoms with van der Waals surface area (Å²) in [6.07, 6.45) is 7.00.